The van der Waals surface area contributed by atoms with E-state index in [1.54, 1.807) is 24.3 Å². The van der Waals surface area contributed by atoms with E-state index in [4.69, 9.17) is 20.3 Å². The molecule has 0 radical (unpaired) electrons. The molecule has 0 bridgehead atoms. The monoisotopic (exact) mass is 303 g/mol. The molecule has 7 nitrogen and oxygen atoms in total. The van der Waals surface area contributed by atoms with E-state index in [1.165, 1.54) is 6.07 Å². The molecule has 1 aromatic carbocycles. The average Bonchev–Trinajstić information content (AvgIpc) is 2.51. The van der Waals surface area contributed by atoms with Gasteiger partial charge >= 0.3 is 5.97 Å². The van der Waals surface area contributed by atoms with Gasteiger partial charge in [-0.1, -0.05) is 12.1 Å². The summed E-state index contributed by atoms with van der Waals surface area (Å²) in [5.74, 6) is -0.594. The second-order valence-corrected chi connectivity index (χ2v) is 4.37. The fourth-order valence-corrected chi connectivity index (χ4v) is 1.83. The zero-order chi connectivity index (χ0) is 15.9. The van der Waals surface area contributed by atoms with Gasteiger partial charge in [0.1, 0.15) is 12.4 Å². The lowest BCUT2D eigenvalue weighted by Gasteiger charge is -2.08. The minimum absolute atomic E-state index is 0.0856. The third-order valence-corrected chi connectivity index (χ3v) is 2.79. The van der Waals surface area contributed by atoms with Crippen LogP contribution in [0.1, 0.15) is 17.4 Å². The SMILES string of the molecule is CCOCCOc1cccc(-c2cc(C(=O)O)nc(N)n2)c1. The highest BCUT2D eigenvalue weighted by Gasteiger charge is 2.10. The Hall–Kier alpha value is -2.67. The zero-order valence-electron chi connectivity index (χ0n) is 12.2. The van der Waals surface area contributed by atoms with E-state index < -0.39 is 5.97 Å². The Morgan fingerprint density at radius 1 is 1.27 bits per heavy atom. The first kappa shape index (κ1) is 15.7. The lowest BCUT2D eigenvalue weighted by Crippen LogP contribution is -2.07. The van der Waals surface area contributed by atoms with E-state index in [1.807, 2.05) is 6.92 Å². The number of hydrogen-bond acceptors (Lipinski definition) is 6. The second-order valence-electron chi connectivity index (χ2n) is 4.37. The molecule has 2 rings (SSSR count). The van der Waals surface area contributed by atoms with E-state index in [2.05, 4.69) is 9.97 Å². The Balaban J connectivity index is 2.20. The number of carboxylic acid groups (broad SMARTS) is 1. The fourth-order valence-electron chi connectivity index (χ4n) is 1.83. The van der Waals surface area contributed by atoms with Crippen molar-refractivity contribution >= 4 is 11.9 Å². The van der Waals surface area contributed by atoms with Gasteiger partial charge in [-0.15, -0.1) is 0 Å². The Labute approximate surface area is 127 Å². The number of aromatic nitrogens is 2. The molecule has 2 aromatic rings. The highest BCUT2D eigenvalue weighted by Crippen LogP contribution is 2.23. The Kier molecular flexibility index (Phi) is 5.26. The summed E-state index contributed by atoms with van der Waals surface area (Å²) < 4.78 is 10.8. The highest BCUT2D eigenvalue weighted by molar-refractivity contribution is 5.87. The molecule has 7 heteroatoms. The van der Waals surface area contributed by atoms with Gasteiger partial charge in [0.05, 0.1) is 12.3 Å². The summed E-state index contributed by atoms with van der Waals surface area (Å²) in [6.07, 6.45) is 0. The number of aromatic carboxylic acids is 1. The van der Waals surface area contributed by atoms with Gasteiger partial charge in [0.25, 0.3) is 0 Å². The second kappa shape index (κ2) is 7.37. The molecule has 1 heterocycles. The van der Waals surface area contributed by atoms with Crippen LogP contribution in [-0.2, 0) is 4.74 Å². The largest absolute Gasteiger partial charge is 0.491 e. The van der Waals surface area contributed by atoms with Crippen molar-refractivity contribution in [1.82, 2.24) is 9.97 Å². The molecule has 0 aliphatic rings. The van der Waals surface area contributed by atoms with Crippen molar-refractivity contribution in [1.29, 1.82) is 0 Å². The van der Waals surface area contributed by atoms with Crippen LogP contribution in [0.2, 0.25) is 0 Å². The predicted octanol–water partition coefficient (Wildman–Crippen LogP) is 1.84. The van der Waals surface area contributed by atoms with Crippen LogP contribution in [0.4, 0.5) is 5.95 Å². The normalized spacial score (nSPS) is 10.4. The standard InChI is InChI=1S/C15H17N3O4/c1-2-21-6-7-22-11-5-3-4-10(8-11)12-9-13(14(19)20)18-15(16)17-12/h3-5,8-9H,2,6-7H2,1H3,(H,19,20)(H2,16,17,18). The van der Waals surface area contributed by atoms with Crippen LogP contribution in [0, 0.1) is 0 Å². The molecule has 0 atom stereocenters. The molecule has 0 saturated carbocycles. The van der Waals surface area contributed by atoms with Gasteiger partial charge in [0.2, 0.25) is 5.95 Å². The number of anilines is 1. The van der Waals surface area contributed by atoms with Gasteiger partial charge in [-0.05, 0) is 25.1 Å². The van der Waals surface area contributed by atoms with E-state index in [0.717, 1.165) is 0 Å². The molecule has 1 aromatic heterocycles. The highest BCUT2D eigenvalue weighted by atomic mass is 16.5. The van der Waals surface area contributed by atoms with Crippen molar-refractivity contribution in [3.05, 3.63) is 36.0 Å². The van der Waals surface area contributed by atoms with Crippen LogP contribution >= 0.6 is 0 Å². The molecule has 0 unspecified atom stereocenters. The van der Waals surface area contributed by atoms with Crippen molar-refractivity contribution in [3.63, 3.8) is 0 Å². The van der Waals surface area contributed by atoms with Gasteiger partial charge in [-0.2, -0.15) is 0 Å². The predicted molar refractivity (Wildman–Crippen MR) is 80.8 cm³/mol. The van der Waals surface area contributed by atoms with Gasteiger partial charge < -0.3 is 20.3 Å². The molecule has 0 amide bonds. The number of carbonyl (C=O) groups is 1. The van der Waals surface area contributed by atoms with E-state index in [9.17, 15) is 4.79 Å². The summed E-state index contributed by atoms with van der Waals surface area (Å²) in [5.41, 5.74) is 6.54. The quantitative estimate of drug-likeness (QED) is 0.751. The first-order valence-electron chi connectivity index (χ1n) is 6.79. The van der Waals surface area contributed by atoms with Crippen molar-refractivity contribution in [2.45, 2.75) is 6.92 Å². The Morgan fingerprint density at radius 3 is 2.82 bits per heavy atom. The van der Waals surface area contributed by atoms with E-state index in [0.29, 0.717) is 36.8 Å². The first-order chi connectivity index (χ1) is 10.6. The summed E-state index contributed by atoms with van der Waals surface area (Å²) >= 11 is 0. The average molecular weight is 303 g/mol. The number of benzene rings is 1. The molecule has 0 spiro atoms. The number of nitrogens with zero attached hydrogens (tertiary/aromatic N) is 2. The third kappa shape index (κ3) is 4.16. The number of nitrogens with two attached hydrogens (primary N) is 1. The summed E-state index contributed by atoms with van der Waals surface area (Å²) in [7, 11) is 0. The van der Waals surface area contributed by atoms with Gasteiger partial charge in [-0.25, -0.2) is 14.8 Å². The van der Waals surface area contributed by atoms with Crippen molar-refractivity contribution in [2.75, 3.05) is 25.6 Å². The summed E-state index contributed by atoms with van der Waals surface area (Å²) in [6, 6.07) is 8.53. The van der Waals surface area contributed by atoms with Crippen LogP contribution in [-0.4, -0.2) is 40.9 Å². The number of hydrogen-bond donors (Lipinski definition) is 2. The van der Waals surface area contributed by atoms with Crippen molar-refractivity contribution in [2.24, 2.45) is 0 Å². The molecular weight excluding hydrogens is 286 g/mol. The Morgan fingerprint density at radius 2 is 2.09 bits per heavy atom. The molecule has 0 saturated heterocycles. The third-order valence-electron chi connectivity index (χ3n) is 2.79. The Bertz CT molecular complexity index is 661. The maximum absolute atomic E-state index is 11.0. The summed E-state index contributed by atoms with van der Waals surface area (Å²) in [6.45, 7) is 3.50. The van der Waals surface area contributed by atoms with Gasteiger partial charge in [-0.3, -0.25) is 0 Å². The molecule has 0 fully saturated rings. The molecule has 22 heavy (non-hydrogen) atoms. The molecule has 116 valence electrons. The number of rotatable bonds is 7. The van der Waals surface area contributed by atoms with Crippen molar-refractivity contribution < 1.29 is 19.4 Å². The first-order valence-corrected chi connectivity index (χ1v) is 6.79. The zero-order valence-corrected chi connectivity index (χ0v) is 12.2. The van der Waals surface area contributed by atoms with E-state index in [-0.39, 0.29) is 11.6 Å². The number of carboxylic acids is 1. The van der Waals surface area contributed by atoms with Gasteiger partial charge in [0.15, 0.2) is 5.69 Å². The number of nitrogen functional groups attached to an aromatic ring is 1. The smallest absolute Gasteiger partial charge is 0.354 e. The fraction of sp³-hybridized carbons (Fsp3) is 0.267. The molecule has 0 aliphatic carbocycles. The molecular formula is C15H17N3O4. The minimum Gasteiger partial charge on any atom is -0.491 e. The maximum atomic E-state index is 11.0. The molecule has 3 N–H and O–H groups in total. The van der Waals surface area contributed by atoms with Crippen molar-refractivity contribution in [3.8, 4) is 17.0 Å². The summed E-state index contributed by atoms with van der Waals surface area (Å²) in [4.78, 5) is 18.8. The van der Waals surface area contributed by atoms with Crippen LogP contribution in [0.5, 0.6) is 5.75 Å². The lowest BCUT2D eigenvalue weighted by atomic mass is 10.1. The summed E-state index contributed by atoms with van der Waals surface area (Å²) in [5, 5.41) is 9.02. The van der Waals surface area contributed by atoms with Crippen LogP contribution in [0.25, 0.3) is 11.3 Å². The minimum atomic E-state index is -1.15. The maximum Gasteiger partial charge on any atom is 0.354 e. The van der Waals surface area contributed by atoms with Crippen LogP contribution in [0.15, 0.2) is 30.3 Å². The topological polar surface area (TPSA) is 108 Å². The van der Waals surface area contributed by atoms with Crippen LogP contribution < -0.4 is 10.5 Å². The lowest BCUT2D eigenvalue weighted by molar-refractivity contribution is 0.0690. The molecule has 0 aliphatic heterocycles. The van der Waals surface area contributed by atoms with E-state index >= 15 is 0 Å². The van der Waals surface area contributed by atoms with Crippen LogP contribution in [0.3, 0.4) is 0 Å². The number of ether oxygens (including phenoxy) is 2. The van der Waals surface area contributed by atoms with Gasteiger partial charge in [0, 0.05) is 12.2 Å².